The Kier molecular flexibility index (Phi) is 4.99. The maximum absolute atomic E-state index is 12.3. The van der Waals surface area contributed by atoms with Crippen molar-refractivity contribution in [3.05, 3.63) is 24.3 Å². The Morgan fingerprint density at radius 1 is 1.35 bits per heavy atom. The van der Waals surface area contributed by atoms with Gasteiger partial charge in [-0.15, -0.1) is 13.2 Å². The number of nitrogens with one attached hydrogen (secondary N) is 1. The van der Waals surface area contributed by atoms with Crippen molar-refractivity contribution in [1.29, 1.82) is 0 Å². The first-order chi connectivity index (χ1) is 9.15. The number of hydrogen-bond acceptors (Lipinski definition) is 3. The van der Waals surface area contributed by atoms with Gasteiger partial charge in [0, 0.05) is 0 Å². The molecule has 0 aromatic heterocycles. The molecule has 4 nitrogen and oxygen atoms in total. The molecule has 1 aromatic carbocycles. The van der Waals surface area contributed by atoms with Gasteiger partial charge in [-0.2, -0.15) is 0 Å². The zero-order chi connectivity index (χ0) is 15.4. The van der Waals surface area contributed by atoms with Gasteiger partial charge < -0.3 is 15.8 Å². The molecule has 3 N–H and O–H groups in total. The molecule has 1 rings (SSSR count). The van der Waals surface area contributed by atoms with Crippen molar-refractivity contribution in [2.24, 2.45) is 5.73 Å². The monoisotopic (exact) mass is 290 g/mol. The quantitative estimate of drug-likeness (QED) is 0.876. The maximum Gasteiger partial charge on any atom is 0.573 e. The van der Waals surface area contributed by atoms with E-state index in [1.807, 2.05) is 6.92 Å². The molecule has 112 valence electrons. The van der Waals surface area contributed by atoms with E-state index in [-0.39, 0.29) is 5.69 Å². The standard InChI is InChI=1S/C13H17F3N2O2/c1-3-8-12(2,17)11(19)18-9-6-4-5-7-10(9)20-13(14,15)16/h4-7H,3,8,17H2,1-2H3,(H,18,19). The van der Waals surface area contributed by atoms with Crippen LogP contribution in [0.1, 0.15) is 26.7 Å². The summed E-state index contributed by atoms with van der Waals surface area (Å²) in [5.74, 6) is -1.03. The third-order valence-corrected chi connectivity index (χ3v) is 2.65. The number of benzene rings is 1. The van der Waals surface area contributed by atoms with Crippen molar-refractivity contribution < 1.29 is 22.7 Å². The van der Waals surface area contributed by atoms with Crippen LogP contribution >= 0.6 is 0 Å². The van der Waals surface area contributed by atoms with Crippen LogP contribution in [-0.2, 0) is 4.79 Å². The van der Waals surface area contributed by atoms with E-state index in [0.717, 1.165) is 6.07 Å². The van der Waals surface area contributed by atoms with Crippen molar-refractivity contribution in [1.82, 2.24) is 0 Å². The van der Waals surface area contributed by atoms with E-state index in [1.165, 1.54) is 25.1 Å². The molecule has 0 aliphatic rings. The average molecular weight is 290 g/mol. The van der Waals surface area contributed by atoms with Crippen molar-refractivity contribution in [3.8, 4) is 5.75 Å². The number of carbonyl (C=O) groups excluding carboxylic acids is 1. The summed E-state index contributed by atoms with van der Waals surface area (Å²) in [4.78, 5) is 12.0. The summed E-state index contributed by atoms with van der Waals surface area (Å²) >= 11 is 0. The van der Waals surface area contributed by atoms with E-state index < -0.39 is 23.6 Å². The van der Waals surface area contributed by atoms with Crippen LogP contribution in [0.15, 0.2) is 24.3 Å². The molecule has 1 amide bonds. The lowest BCUT2D eigenvalue weighted by Crippen LogP contribution is -2.48. The Morgan fingerprint density at radius 3 is 2.50 bits per heavy atom. The van der Waals surface area contributed by atoms with Crippen LogP contribution in [-0.4, -0.2) is 17.8 Å². The lowest BCUT2D eigenvalue weighted by atomic mass is 9.96. The second kappa shape index (κ2) is 6.13. The Balaban J connectivity index is 2.90. The van der Waals surface area contributed by atoms with E-state index in [2.05, 4.69) is 10.1 Å². The molecule has 0 heterocycles. The average Bonchev–Trinajstić information content (AvgIpc) is 2.29. The highest BCUT2D eigenvalue weighted by Crippen LogP contribution is 2.30. The number of anilines is 1. The highest BCUT2D eigenvalue weighted by Gasteiger charge is 2.33. The van der Waals surface area contributed by atoms with Crippen LogP contribution in [0.5, 0.6) is 5.75 Å². The molecular weight excluding hydrogens is 273 g/mol. The van der Waals surface area contributed by atoms with Crippen LogP contribution in [0.2, 0.25) is 0 Å². The Bertz CT molecular complexity index is 473. The first-order valence-corrected chi connectivity index (χ1v) is 6.11. The Labute approximate surface area is 115 Å². The maximum atomic E-state index is 12.3. The zero-order valence-corrected chi connectivity index (χ0v) is 11.3. The number of hydrogen-bond donors (Lipinski definition) is 2. The molecule has 0 fully saturated rings. The molecule has 0 bridgehead atoms. The lowest BCUT2D eigenvalue weighted by molar-refractivity contribution is -0.274. The number of carbonyl (C=O) groups is 1. The van der Waals surface area contributed by atoms with E-state index in [0.29, 0.717) is 12.8 Å². The van der Waals surface area contributed by atoms with Crippen molar-refractivity contribution in [2.45, 2.75) is 38.6 Å². The summed E-state index contributed by atoms with van der Waals surface area (Å²) in [6.45, 7) is 3.39. The van der Waals surface area contributed by atoms with Gasteiger partial charge in [-0.25, -0.2) is 0 Å². The molecule has 20 heavy (non-hydrogen) atoms. The van der Waals surface area contributed by atoms with Gasteiger partial charge >= 0.3 is 6.36 Å². The van der Waals surface area contributed by atoms with Gasteiger partial charge in [0.15, 0.2) is 5.75 Å². The fourth-order valence-electron chi connectivity index (χ4n) is 1.68. The van der Waals surface area contributed by atoms with E-state index >= 15 is 0 Å². The zero-order valence-electron chi connectivity index (χ0n) is 11.3. The Hall–Kier alpha value is -1.76. The van der Waals surface area contributed by atoms with Crippen LogP contribution in [0.3, 0.4) is 0 Å². The second-order valence-electron chi connectivity index (χ2n) is 4.67. The van der Waals surface area contributed by atoms with Gasteiger partial charge in [0.1, 0.15) is 0 Å². The van der Waals surface area contributed by atoms with Crippen molar-refractivity contribution in [2.75, 3.05) is 5.32 Å². The molecule has 1 unspecified atom stereocenters. The van der Waals surface area contributed by atoms with Gasteiger partial charge in [-0.1, -0.05) is 25.5 Å². The lowest BCUT2D eigenvalue weighted by Gasteiger charge is -2.23. The van der Waals surface area contributed by atoms with Crippen LogP contribution in [0.4, 0.5) is 18.9 Å². The van der Waals surface area contributed by atoms with Crippen molar-refractivity contribution in [3.63, 3.8) is 0 Å². The highest BCUT2D eigenvalue weighted by molar-refractivity contribution is 5.98. The Morgan fingerprint density at radius 2 is 1.95 bits per heavy atom. The third-order valence-electron chi connectivity index (χ3n) is 2.65. The number of nitrogens with two attached hydrogens (primary N) is 1. The molecule has 0 radical (unpaired) electrons. The minimum absolute atomic E-state index is 0.0670. The molecule has 0 aliphatic carbocycles. The fourth-order valence-corrected chi connectivity index (χ4v) is 1.68. The SMILES string of the molecule is CCCC(C)(N)C(=O)Nc1ccccc1OC(F)(F)F. The van der Waals surface area contributed by atoms with E-state index in [4.69, 9.17) is 5.73 Å². The second-order valence-corrected chi connectivity index (χ2v) is 4.67. The molecule has 0 aliphatic heterocycles. The summed E-state index contributed by atoms with van der Waals surface area (Å²) in [5.41, 5.74) is 4.60. The highest BCUT2D eigenvalue weighted by atomic mass is 19.4. The van der Waals surface area contributed by atoms with Gasteiger partial charge in [0.05, 0.1) is 11.2 Å². The molecule has 1 aromatic rings. The summed E-state index contributed by atoms with van der Waals surface area (Å²) in [7, 11) is 0. The first-order valence-electron chi connectivity index (χ1n) is 6.11. The van der Waals surface area contributed by atoms with Crippen LogP contribution in [0.25, 0.3) is 0 Å². The van der Waals surface area contributed by atoms with Gasteiger partial charge in [-0.05, 0) is 25.5 Å². The topological polar surface area (TPSA) is 64.4 Å². The minimum Gasteiger partial charge on any atom is -0.404 e. The molecule has 7 heteroatoms. The normalized spacial score (nSPS) is 14.5. The summed E-state index contributed by atoms with van der Waals surface area (Å²) in [6.07, 6.45) is -3.72. The molecule has 0 spiro atoms. The number of alkyl halides is 3. The number of halogens is 3. The molecule has 0 saturated heterocycles. The van der Waals surface area contributed by atoms with Crippen LogP contribution in [0, 0.1) is 0 Å². The van der Waals surface area contributed by atoms with E-state index in [9.17, 15) is 18.0 Å². The molecule has 0 saturated carbocycles. The summed E-state index contributed by atoms with van der Waals surface area (Å²) in [6, 6.07) is 5.31. The molecular formula is C13H17F3N2O2. The summed E-state index contributed by atoms with van der Waals surface area (Å²) in [5, 5.41) is 2.37. The number of amides is 1. The predicted octanol–water partition coefficient (Wildman–Crippen LogP) is 3.04. The number of ether oxygens (including phenoxy) is 1. The van der Waals surface area contributed by atoms with Crippen LogP contribution < -0.4 is 15.8 Å². The minimum atomic E-state index is -4.82. The molecule has 1 atom stereocenters. The van der Waals surface area contributed by atoms with E-state index in [1.54, 1.807) is 0 Å². The summed E-state index contributed by atoms with van der Waals surface area (Å²) < 4.78 is 40.6. The van der Waals surface area contributed by atoms with Crippen molar-refractivity contribution >= 4 is 11.6 Å². The largest absolute Gasteiger partial charge is 0.573 e. The smallest absolute Gasteiger partial charge is 0.404 e. The van der Waals surface area contributed by atoms with Gasteiger partial charge in [-0.3, -0.25) is 4.79 Å². The number of para-hydroxylation sites is 2. The van der Waals surface area contributed by atoms with Gasteiger partial charge in [0.25, 0.3) is 0 Å². The first kappa shape index (κ1) is 16.3. The third kappa shape index (κ3) is 4.73. The fraction of sp³-hybridized carbons (Fsp3) is 0.462. The van der Waals surface area contributed by atoms with Gasteiger partial charge in [0.2, 0.25) is 5.91 Å². The number of rotatable bonds is 5. The predicted molar refractivity (Wildman–Crippen MR) is 69.3 cm³/mol.